The number of ether oxygens (including phenoxy) is 1. The van der Waals surface area contributed by atoms with Gasteiger partial charge in [0.15, 0.2) is 0 Å². The summed E-state index contributed by atoms with van der Waals surface area (Å²) in [5.41, 5.74) is 1.50. The minimum atomic E-state index is -0.424. The third-order valence-electron chi connectivity index (χ3n) is 2.67. The van der Waals surface area contributed by atoms with E-state index in [1.807, 2.05) is 6.07 Å². The summed E-state index contributed by atoms with van der Waals surface area (Å²) in [5.74, 6) is 5.14. The molecule has 104 valence electrons. The van der Waals surface area contributed by atoms with Crippen molar-refractivity contribution in [2.75, 3.05) is 6.61 Å². The van der Waals surface area contributed by atoms with E-state index in [9.17, 15) is 4.39 Å². The fraction of sp³-hybridized carbons (Fsp3) is 0.118. The molecule has 0 bridgehead atoms. The van der Waals surface area contributed by atoms with Crippen LogP contribution in [0.25, 0.3) is 0 Å². The zero-order valence-electron chi connectivity index (χ0n) is 11.1. The van der Waals surface area contributed by atoms with E-state index in [1.54, 1.807) is 30.3 Å². The highest BCUT2D eigenvalue weighted by Gasteiger charge is 2.04. The zero-order valence-corrected chi connectivity index (χ0v) is 11.1. The van der Waals surface area contributed by atoms with E-state index < -0.39 is 5.82 Å². The predicted octanol–water partition coefficient (Wildman–Crippen LogP) is 2.62. The number of aliphatic hydroxyl groups is 1. The van der Waals surface area contributed by atoms with E-state index in [1.165, 1.54) is 12.1 Å². The molecule has 3 nitrogen and oxygen atoms in total. The maximum atomic E-state index is 13.5. The van der Waals surface area contributed by atoms with Crippen LogP contribution in [-0.4, -0.2) is 11.7 Å². The van der Waals surface area contributed by atoms with Crippen LogP contribution in [0.4, 0.5) is 4.39 Å². The van der Waals surface area contributed by atoms with Gasteiger partial charge in [-0.2, -0.15) is 5.26 Å². The van der Waals surface area contributed by atoms with Crippen LogP contribution in [0.15, 0.2) is 42.5 Å². The van der Waals surface area contributed by atoms with E-state index in [2.05, 4.69) is 11.8 Å². The average Bonchev–Trinajstić information content (AvgIpc) is 2.50. The van der Waals surface area contributed by atoms with Gasteiger partial charge in [-0.3, -0.25) is 0 Å². The number of benzene rings is 2. The minimum Gasteiger partial charge on any atom is -0.488 e. The molecule has 0 aromatic heterocycles. The Hall–Kier alpha value is -2.82. The van der Waals surface area contributed by atoms with E-state index in [-0.39, 0.29) is 13.2 Å². The molecule has 0 unspecified atom stereocenters. The summed E-state index contributed by atoms with van der Waals surface area (Å²) in [5, 5.41) is 17.6. The van der Waals surface area contributed by atoms with Crippen LogP contribution in [0, 0.1) is 29.0 Å². The second kappa shape index (κ2) is 7.09. The van der Waals surface area contributed by atoms with Crippen molar-refractivity contribution in [1.29, 1.82) is 5.26 Å². The van der Waals surface area contributed by atoms with Gasteiger partial charge in [0.05, 0.1) is 5.56 Å². The zero-order chi connectivity index (χ0) is 15.1. The molecule has 4 heteroatoms. The van der Waals surface area contributed by atoms with Gasteiger partial charge in [-0.15, -0.1) is 0 Å². The first kappa shape index (κ1) is 14.6. The number of nitrogens with zero attached hydrogens (tertiary/aromatic N) is 1. The average molecular weight is 281 g/mol. The van der Waals surface area contributed by atoms with Gasteiger partial charge in [0, 0.05) is 5.56 Å². The number of nitriles is 1. The summed E-state index contributed by atoms with van der Waals surface area (Å²) in [4.78, 5) is 0. The smallest absolute Gasteiger partial charge is 0.137 e. The quantitative estimate of drug-likeness (QED) is 0.880. The molecule has 0 aliphatic carbocycles. The summed E-state index contributed by atoms with van der Waals surface area (Å²) in [6.45, 7) is -0.151. The van der Waals surface area contributed by atoms with Crippen LogP contribution < -0.4 is 4.74 Å². The van der Waals surface area contributed by atoms with Crippen LogP contribution in [-0.2, 0) is 6.61 Å². The van der Waals surface area contributed by atoms with E-state index >= 15 is 0 Å². The summed E-state index contributed by atoms with van der Waals surface area (Å²) in [6, 6.07) is 13.2. The van der Waals surface area contributed by atoms with Gasteiger partial charge >= 0.3 is 0 Å². The van der Waals surface area contributed by atoms with E-state index in [4.69, 9.17) is 15.1 Å². The topological polar surface area (TPSA) is 53.2 Å². The van der Waals surface area contributed by atoms with Crippen molar-refractivity contribution in [3.05, 3.63) is 65.0 Å². The summed E-state index contributed by atoms with van der Waals surface area (Å²) >= 11 is 0. The normalized spacial score (nSPS) is 9.38. The summed E-state index contributed by atoms with van der Waals surface area (Å²) in [6.07, 6.45) is 0. The molecule has 2 aromatic carbocycles. The van der Waals surface area contributed by atoms with Gasteiger partial charge in [-0.05, 0) is 35.9 Å². The van der Waals surface area contributed by atoms with E-state index in [0.717, 1.165) is 0 Å². The van der Waals surface area contributed by atoms with Crippen molar-refractivity contribution in [3.63, 3.8) is 0 Å². The molecule has 0 heterocycles. The second-order valence-corrected chi connectivity index (χ2v) is 4.20. The van der Waals surface area contributed by atoms with Crippen molar-refractivity contribution in [2.45, 2.75) is 6.61 Å². The molecule has 0 radical (unpaired) electrons. The lowest BCUT2D eigenvalue weighted by molar-refractivity contribution is 0.304. The van der Waals surface area contributed by atoms with Crippen molar-refractivity contribution in [2.24, 2.45) is 0 Å². The Morgan fingerprint density at radius 1 is 1.19 bits per heavy atom. The summed E-state index contributed by atoms with van der Waals surface area (Å²) in [7, 11) is 0. The molecule has 0 saturated heterocycles. The first-order valence-corrected chi connectivity index (χ1v) is 6.24. The number of hydrogen-bond donors (Lipinski definition) is 1. The third kappa shape index (κ3) is 4.07. The Morgan fingerprint density at radius 2 is 2.00 bits per heavy atom. The second-order valence-electron chi connectivity index (χ2n) is 4.20. The van der Waals surface area contributed by atoms with Gasteiger partial charge in [0.25, 0.3) is 0 Å². The van der Waals surface area contributed by atoms with Crippen LogP contribution in [0.2, 0.25) is 0 Å². The van der Waals surface area contributed by atoms with Crippen molar-refractivity contribution in [1.82, 2.24) is 0 Å². The van der Waals surface area contributed by atoms with Gasteiger partial charge < -0.3 is 9.84 Å². The standard InChI is InChI=1S/C17H12FNO2/c18-16-9-13(4-3-7-20)8-14(10-16)12-21-17-6-2-1-5-15(17)11-19/h1-2,5-6,8-10,20H,7,12H2. The molecule has 0 spiro atoms. The van der Waals surface area contributed by atoms with Crippen LogP contribution >= 0.6 is 0 Å². The predicted molar refractivity (Wildman–Crippen MR) is 75.9 cm³/mol. The van der Waals surface area contributed by atoms with Gasteiger partial charge in [-0.1, -0.05) is 24.0 Å². The maximum absolute atomic E-state index is 13.5. The molecule has 2 rings (SSSR count). The lowest BCUT2D eigenvalue weighted by atomic mass is 10.1. The van der Waals surface area contributed by atoms with Crippen molar-refractivity contribution < 1.29 is 14.2 Å². The van der Waals surface area contributed by atoms with Crippen molar-refractivity contribution >= 4 is 0 Å². The highest BCUT2D eigenvalue weighted by molar-refractivity contribution is 5.43. The van der Waals surface area contributed by atoms with Crippen LogP contribution in [0.1, 0.15) is 16.7 Å². The number of para-hydroxylation sites is 1. The van der Waals surface area contributed by atoms with E-state index in [0.29, 0.717) is 22.4 Å². The van der Waals surface area contributed by atoms with Crippen molar-refractivity contribution in [3.8, 4) is 23.7 Å². The highest BCUT2D eigenvalue weighted by atomic mass is 19.1. The SMILES string of the molecule is N#Cc1ccccc1OCc1cc(F)cc(C#CCO)c1. The minimum absolute atomic E-state index is 0.129. The lowest BCUT2D eigenvalue weighted by Gasteiger charge is -2.08. The number of rotatable bonds is 3. The first-order valence-electron chi connectivity index (χ1n) is 6.24. The monoisotopic (exact) mass is 281 g/mol. The first-order chi connectivity index (χ1) is 10.2. The lowest BCUT2D eigenvalue weighted by Crippen LogP contribution is -1.98. The number of aliphatic hydroxyl groups excluding tert-OH is 1. The Balaban J connectivity index is 2.17. The summed E-state index contributed by atoms with van der Waals surface area (Å²) < 4.78 is 19.0. The maximum Gasteiger partial charge on any atom is 0.137 e. The molecule has 21 heavy (non-hydrogen) atoms. The van der Waals surface area contributed by atoms with Crippen LogP contribution in [0.5, 0.6) is 5.75 Å². The molecule has 2 aromatic rings. The fourth-order valence-corrected chi connectivity index (χ4v) is 1.79. The largest absolute Gasteiger partial charge is 0.488 e. The Bertz CT molecular complexity index is 738. The molecule has 0 aliphatic rings. The molecule has 0 amide bonds. The molecule has 0 aliphatic heterocycles. The highest BCUT2D eigenvalue weighted by Crippen LogP contribution is 2.19. The molecule has 0 fully saturated rings. The number of halogens is 1. The molecule has 1 N–H and O–H groups in total. The number of hydrogen-bond acceptors (Lipinski definition) is 3. The molecular weight excluding hydrogens is 269 g/mol. The van der Waals surface area contributed by atoms with Gasteiger partial charge in [0.1, 0.15) is 30.8 Å². The molecular formula is C17H12FNO2. The van der Waals surface area contributed by atoms with Gasteiger partial charge in [0.2, 0.25) is 0 Å². The molecule has 0 atom stereocenters. The third-order valence-corrected chi connectivity index (χ3v) is 2.67. The Kier molecular flexibility index (Phi) is 4.93. The van der Waals surface area contributed by atoms with Crippen LogP contribution in [0.3, 0.4) is 0 Å². The van der Waals surface area contributed by atoms with Gasteiger partial charge in [-0.25, -0.2) is 4.39 Å². The Labute approximate surface area is 122 Å². The molecule has 0 saturated carbocycles. The Morgan fingerprint density at radius 3 is 2.76 bits per heavy atom. The fourth-order valence-electron chi connectivity index (χ4n) is 1.79.